The van der Waals surface area contributed by atoms with Gasteiger partial charge in [-0.3, -0.25) is 9.59 Å². The summed E-state index contributed by atoms with van der Waals surface area (Å²) in [6, 6.07) is 7.64. The first-order valence-electron chi connectivity index (χ1n) is 11.8. The van der Waals surface area contributed by atoms with Gasteiger partial charge in [-0.2, -0.15) is 10.1 Å². The van der Waals surface area contributed by atoms with Gasteiger partial charge in [0.1, 0.15) is 18.2 Å². The number of aryl methyl sites for hydroxylation is 1. The highest BCUT2D eigenvalue weighted by atomic mass is 16.5. The fourth-order valence-corrected chi connectivity index (χ4v) is 4.50. The summed E-state index contributed by atoms with van der Waals surface area (Å²) in [5.74, 6) is 0.722. The molecule has 2 aromatic heterocycles. The standard InChI is InChI=1S/C24H31N7O3/c1-17(19-7-9-20(10-8-19)31-16-25-15-26-31)27-21(33)11-12-22-28-23(30-34-22)24(29-18(2)32)13-5-3-4-6-14-24/h7-10,15-17H,3-6,11-14H2,1-2H3,(H,27,33)(H,29,32). The Morgan fingerprint density at radius 1 is 1.15 bits per heavy atom. The molecule has 2 N–H and O–H groups in total. The molecule has 1 unspecified atom stereocenters. The van der Waals surface area contributed by atoms with Crippen molar-refractivity contribution >= 4 is 11.8 Å². The van der Waals surface area contributed by atoms with Gasteiger partial charge in [0, 0.05) is 19.8 Å². The third-order valence-electron chi connectivity index (χ3n) is 6.29. The van der Waals surface area contributed by atoms with Crippen LogP contribution in [0.2, 0.25) is 0 Å². The van der Waals surface area contributed by atoms with Crippen molar-refractivity contribution in [3.05, 3.63) is 54.2 Å². The van der Waals surface area contributed by atoms with E-state index in [1.807, 2.05) is 31.2 Å². The van der Waals surface area contributed by atoms with Crippen molar-refractivity contribution in [3.8, 4) is 5.69 Å². The summed E-state index contributed by atoms with van der Waals surface area (Å²) in [6.45, 7) is 3.46. The summed E-state index contributed by atoms with van der Waals surface area (Å²) in [4.78, 5) is 32.9. The van der Waals surface area contributed by atoms with Crippen molar-refractivity contribution in [1.82, 2.24) is 35.5 Å². The van der Waals surface area contributed by atoms with Crippen molar-refractivity contribution in [3.63, 3.8) is 0 Å². The number of carbonyl (C=O) groups is 2. The fourth-order valence-electron chi connectivity index (χ4n) is 4.50. The van der Waals surface area contributed by atoms with Crippen molar-refractivity contribution in [2.24, 2.45) is 0 Å². The van der Waals surface area contributed by atoms with Gasteiger partial charge < -0.3 is 15.2 Å². The second-order valence-electron chi connectivity index (χ2n) is 8.91. The van der Waals surface area contributed by atoms with Crippen LogP contribution in [0, 0.1) is 0 Å². The minimum Gasteiger partial charge on any atom is -0.350 e. The average molecular weight is 466 g/mol. The van der Waals surface area contributed by atoms with E-state index in [0.29, 0.717) is 18.1 Å². The van der Waals surface area contributed by atoms with Crippen LogP contribution in [0.15, 0.2) is 41.4 Å². The van der Waals surface area contributed by atoms with E-state index in [1.165, 1.54) is 13.3 Å². The number of hydrogen-bond acceptors (Lipinski definition) is 7. The van der Waals surface area contributed by atoms with Crippen LogP contribution in [-0.4, -0.2) is 36.7 Å². The Morgan fingerprint density at radius 2 is 1.88 bits per heavy atom. The molecule has 34 heavy (non-hydrogen) atoms. The van der Waals surface area contributed by atoms with Gasteiger partial charge in [0.25, 0.3) is 0 Å². The third kappa shape index (κ3) is 5.67. The number of rotatable bonds is 8. The van der Waals surface area contributed by atoms with Gasteiger partial charge in [0.05, 0.1) is 11.7 Å². The largest absolute Gasteiger partial charge is 0.350 e. The number of amides is 2. The number of nitrogens with one attached hydrogen (secondary N) is 2. The number of nitrogens with zero attached hydrogens (tertiary/aromatic N) is 5. The topological polar surface area (TPSA) is 128 Å². The molecule has 1 aliphatic carbocycles. The lowest BCUT2D eigenvalue weighted by Crippen LogP contribution is -2.45. The van der Waals surface area contributed by atoms with Crippen molar-refractivity contribution in [2.75, 3.05) is 0 Å². The highest BCUT2D eigenvalue weighted by Crippen LogP contribution is 2.34. The molecule has 180 valence electrons. The molecule has 4 rings (SSSR count). The molecule has 3 aromatic rings. The zero-order chi connectivity index (χ0) is 24.0. The van der Waals surface area contributed by atoms with Crippen LogP contribution in [0.1, 0.15) is 82.1 Å². The zero-order valence-corrected chi connectivity index (χ0v) is 19.7. The number of aromatic nitrogens is 5. The van der Waals surface area contributed by atoms with E-state index in [1.54, 1.807) is 11.0 Å². The monoisotopic (exact) mass is 465 g/mol. The van der Waals surface area contributed by atoms with Crippen LogP contribution in [0.4, 0.5) is 0 Å². The second-order valence-corrected chi connectivity index (χ2v) is 8.91. The Hall–Kier alpha value is -3.56. The summed E-state index contributed by atoms with van der Waals surface area (Å²) in [5.41, 5.74) is 1.31. The van der Waals surface area contributed by atoms with E-state index in [4.69, 9.17) is 4.52 Å². The predicted octanol–water partition coefficient (Wildman–Crippen LogP) is 3.15. The van der Waals surface area contributed by atoms with Crippen LogP contribution in [-0.2, 0) is 21.5 Å². The summed E-state index contributed by atoms with van der Waals surface area (Å²) >= 11 is 0. The van der Waals surface area contributed by atoms with Crippen LogP contribution >= 0.6 is 0 Å². The Labute approximate surface area is 198 Å². The molecular weight excluding hydrogens is 434 g/mol. The van der Waals surface area contributed by atoms with Crippen LogP contribution < -0.4 is 10.6 Å². The maximum atomic E-state index is 12.5. The Morgan fingerprint density at radius 3 is 2.53 bits per heavy atom. The molecule has 0 bridgehead atoms. The van der Waals surface area contributed by atoms with Gasteiger partial charge in [-0.1, -0.05) is 43.0 Å². The normalized spacial score (nSPS) is 16.4. The smallest absolute Gasteiger partial charge is 0.227 e. The lowest BCUT2D eigenvalue weighted by atomic mass is 9.89. The molecule has 10 nitrogen and oxygen atoms in total. The van der Waals surface area contributed by atoms with E-state index in [9.17, 15) is 9.59 Å². The van der Waals surface area contributed by atoms with E-state index >= 15 is 0 Å². The molecule has 1 fully saturated rings. The van der Waals surface area contributed by atoms with E-state index in [2.05, 4.69) is 30.9 Å². The van der Waals surface area contributed by atoms with Gasteiger partial charge in [0.2, 0.25) is 17.7 Å². The van der Waals surface area contributed by atoms with Gasteiger partial charge in [-0.15, -0.1) is 0 Å². The van der Waals surface area contributed by atoms with E-state index in [0.717, 1.165) is 49.8 Å². The quantitative estimate of drug-likeness (QED) is 0.489. The van der Waals surface area contributed by atoms with Crippen molar-refractivity contribution < 1.29 is 14.1 Å². The average Bonchev–Trinajstić information content (AvgIpc) is 3.48. The molecule has 2 heterocycles. The Kier molecular flexibility index (Phi) is 7.34. The fraction of sp³-hybridized carbons (Fsp3) is 0.500. The van der Waals surface area contributed by atoms with E-state index < -0.39 is 5.54 Å². The number of benzene rings is 1. The minimum absolute atomic E-state index is 0.0985. The summed E-state index contributed by atoms with van der Waals surface area (Å²) in [6.07, 6.45) is 9.55. The molecule has 1 atom stereocenters. The Balaban J connectivity index is 1.33. The lowest BCUT2D eigenvalue weighted by Gasteiger charge is -2.30. The zero-order valence-electron chi connectivity index (χ0n) is 19.7. The van der Waals surface area contributed by atoms with Crippen LogP contribution in [0.5, 0.6) is 0 Å². The molecular formula is C24H31N7O3. The summed E-state index contributed by atoms with van der Waals surface area (Å²) in [5, 5.41) is 14.4. The molecule has 1 aliphatic rings. The number of hydrogen-bond donors (Lipinski definition) is 2. The maximum Gasteiger partial charge on any atom is 0.227 e. The van der Waals surface area contributed by atoms with Gasteiger partial charge in [0.15, 0.2) is 5.82 Å². The Bertz CT molecular complexity index is 1080. The third-order valence-corrected chi connectivity index (χ3v) is 6.29. The van der Waals surface area contributed by atoms with Crippen LogP contribution in [0.25, 0.3) is 5.69 Å². The molecule has 0 saturated heterocycles. The highest BCUT2D eigenvalue weighted by molar-refractivity contribution is 5.76. The summed E-state index contributed by atoms with van der Waals surface area (Å²) < 4.78 is 7.13. The van der Waals surface area contributed by atoms with Crippen molar-refractivity contribution in [1.29, 1.82) is 0 Å². The molecule has 2 amide bonds. The van der Waals surface area contributed by atoms with Crippen molar-refractivity contribution in [2.45, 2.75) is 76.8 Å². The SMILES string of the molecule is CC(=O)NC1(c2noc(CCC(=O)NC(C)c3ccc(-n4cncn4)cc3)n2)CCCCCC1. The lowest BCUT2D eigenvalue weighted by molar-refractivity contribution is -0.122. The first-order chi connectivity index (χ1) is 16.4. The van der Waals surface area contributed by atoms with Gasteiger partial charge >= 0.3 is 0 Å². The molecule has 1 aromatic carbocycles. The minimum atomic E-state index is -0.584. The van der Waals surface area contributed by atoms with Crippen LogP contribution in [0.3, 0.4) is 0 Å². The first-order valence-corrected chi connectivity index (χ1v) is 11.8. The molecule has 0 radical (unpaired) electrons. The highest BCUT2D eigenvalue weighted by Gasteiger charge is 2.38. The summed E-state index contributed by atoms with van der Waals surface area (Å²) in [7, 11) is 0. The number of carbonyl (C=O) groups excluding carboxylic acids is 2. The maximum absolute atomic E-state index is 12.5. The predicted molar refractivity (Wildman–Crippen MR) is 124 cm³/mol. The first kappa shape index (κ1) is 23.6. The molecule has 10 heteroatoms. The second kappa shape index (κ2) is 10.6. The molecule has 0 spiro atoms. The van der Waals surface area contributed by atoms with E-state index in [-0.39, 0.29) is 24.3 Å². The molecule has 0 aliphatic heterocycles. The van der Waals surface area contributed by atoms with Gasteiger partial charge in [-0.05, 0) is 37.5 Å². The van der Waals surface area contributed by atoms with Gasteiger partial charge in [-0.25, -0.2) is 9.67 Å². The molecule has 1 saturated carbocycles.